The van der Waals surface area contributed by atoms with Crippen molar-refractivity contribution in [2.75, 3.05) is 5.33 Å². The molecule has 7 heteroatoms. The van der Waals surface area contributed by atoms with Gasteiger partial charge in [-0.3, -0.25) is 5.10 Å². The maximum atomic E-state index is 11.7. The molecule has 1 rings (SSSR count). The average Bonchev–Trinajstić information content (AvgIpc) is 2.69. The van der Waals surface area contributed by atoms with E-state index in [-0.39, 0.29) is 17.0 Å². The van der Waals surface area contributed by atoms with Crippen LogP contribution in [0, 0.1) is 5.92 Å². The van der Waals surface area contributed by atoms with Crippen LogP contribution in [0.3, 0.4) is 0 Å². The number of rotatable bonds is 5. The van der Waals surface area contributed by atoms with Gasteiger partial charge < -0.3 is 0 Å². The summed E-state index contributed by atoms with van der Waals surface area (Å²) in [6.45, 7) is 3.80. The minimum atomic E-state index is -3.46. The first kappa shape index (κ1) is 12.7. The summed E-state index contributed by atoms with van der Waals surface area (Å²) < 4.78 is 26.0. The molecule has 0 saturated heterocycles. The molecule has 0 radical (unpaired) electrons. The summed E-state index contributed by atoms with van der Waals surface area (Å²) in [5.41, 5.74) is 0. The first-order valence-corrected chi connectivity index (χ1v) is 7.15. The number of hydrogen-bond donors (Lipinski definition) is 2. The van der Waals surface area contributed by atoms with E-state index in [2.05, 4.69) is 30.8 Å². The van der Waals surface area contributed by atoms with E-state index >= 15 is 0 Å². The minimum absolute atomic E-state index is 0.0936. The number of nitrogens with zero attached hydrogens (tertiary/aromatic N) is 1. The van der Waals surface area contributed by atoms with E-state index in [0.29, 0.717) is 0 Å². The van der Waals surface area contributed by atoms with E-state index in [0.717, 1.165) is 5.33 Å². The third-order valence-corrected chi connectivity index (χ3v) is 4.71. The molecule has 1 aromatic rings. The smallest absolute Gasteiger partial charge is 0.257 e. The molecule has 0 aliphatic rings. The number of halogens is 1. The van der Waals surface area contributed by atoms with E-state index < -0.39 is 10.0 Å². The van der Waals surface area contributed by atoms with Crippen molar-refractivity contribution in [1.82, 2.24) is 14.9 Å². The van der Waals surface area contributed by atoms with Crippen LogP contribution >= 0.6 is 15.9 Å². The molecule has 86 valence electrons. The average molecular weight is 296 g/mol. The molecule has 1 heterocycles. The van der Waals surface area contributed by atoms with Gasteiger partial charge in [-0.25, -0.2) is 13.1 Å². The largest absolute Gasteiger partial charge is 0.266 e. The normalized spacial score (nSPS) is 16.2. The van der Waals surface area contributed by atoms with Gasteiger partial charge >= 0.3 is 0 Å². The van der Waals surface area contributed by atoms with Gasteiger partial charge in [-0.05, 0) is 18.9 Å². The summed E-state index contributed by atoms with van der Waals surface area (Å²) in [7, 11) is -3.46. The zero-order valence-electron chi connectivity index (χ0n) is 8.57. The Morgan fingerprint density at radius 2 is 2.27 bits per heavy atom. The highest BCUT2D eigenvalue weighted by atomic mass is 79.9. The van der Waals surface area contributed by atoms with Gasteiger partial charge in [0, 0.05) is 11.4 Å². The van der Waals surface area contributed by atoms with Crippen LogP contribution in [0.2, 0.25) is 0 Å². The number of aromatic nitrogens is 2. The predicted molar refractivity (Wildman–Crippen MR) is 61.3 cm³/mol. The van der Waals surface area contributed by atoms with E-state index in [4.69, 9.17) is 0 Å². The zero-order chi connectivity index (χ0) is 11.5. The van der Waals surface area contributed by atoms with Gasteiger partial charge in [0.2, 0.25) is 0 Å². The Morgan fingerprint density at radius 1 is 1.60 bits per heavy atom. The van der Waals surface area contributed by atoms with Crippen molar-refractivity contribution < 1.29 is 8.42 Å². The van der Waals surface area contributed by atoms with Crippen LogP contribution < -0.4 is 4.72 Å². The fourth-order valence-electron chi connectivity index (χ4n) is 0.951. The van der Waals surface area contributed by atoms with Gasteiger partial charge in [0.05, 0.1) is 6.20 Å². The fraction of sp³-hybridized carbons (Fsp3) is 0.625. The second-order valence-corrected chi connectivity index (χ2v) is 5.79. The molecule has 1 aromatic heterocycles. The topological polar surface area (TPSA) is 74.8 Å². The third-order valence-electron chi connectivity index (χ3n) is 2.20. The van der Waals surface area contributed by atoms with Crippen molar-refractivity contribution in [3.05, 3.63) is 12.3 Å². The summed E-state index contributed by atoms with van der Waals surface area (Å²) in [5.74, 6) is 0.225. The van der Waals surface area contributed by atoms with Crippen molar-refractivity contribution in [2.24, 2.45) is 5.92 Å². The molecule has 0 saturated carbocycles. The van der Waals surface area contributed by atoms with Crippen molar-refractivity contribution >= 4 is 26.0 Å². The Morgan fingerprint density at radius 3 is 2.73 bits per heavy atom. The summed E-state index contributed by atoms with van der Waals surface area (Å²) in [6, 6.07) is 1.30. The molecular weight excluding hydrogens is 282 g/mol. The summed E-state index contributed by atoms with van der Waals surface area (Å²) >= 11 is 3.32. The van der Waals surface area contributed by atoms with Gasteiger partial charge in [0.15, 0.2) is 5.03 Å². The number of alkyl halides is 1. The molecule has 5 nitrogen and oxygen atoms in total. The van der Waals surface area contributed by atoms with Crippen LogP contribution in [0.15, 0.2) is 17.3 Å². The fourth-order valence-corrected chi connectivity index (χ4v) is 2.77. The van der Waals surface area contributed by atoms with Crippen LogP contribution in [-0.4, -0.2) is 30.0 Å². The van der Waals surface area contributed by atoms with E-state index in [1.165, 1.54) is 12.3 Å². The molecule has 0 fully saturated rings. The lowest BCUT2D eigenvalue weighted by molar-refractivity contribution is 0.483. The second-order valence-electron chi connectivity index (χ2n) is 3.46. The van der Waals surface area contributed by atoms with Crippen molar-refractivity contribution in [3.63, 3.8) is 0 Å². The Balaban J connectivity index is 2.74. The molecule has 0 aliphatic heterocycles. The standard InChI is InChI=1S/C8H14BrN3O2S/c1-6(5-9)7(2)12-15(13,14)8-3-4-10-11-8/h3-4,6-7,12H,5H2,1-2H3,(H,10,11). The Kier molecular flexibility index (Phi) is 4.30. The van der Waals surface area contributed by atoms with E-state index in [1.807, 2.05) is 13.8 Å². The molecule has 0 aliphatic carbocycles. The Bertz CT molecular complexity index is 390. The van der Waals surface area contributed by atoms with E-state index in [9.17, 15) is 8.42 Å². The lowest BCUT2D eigenvalue weighted by Gasteiger charge is -2.18. The Hall–Kier alpha value is -0.400. The first-order chi connectivity index (χ1) is 6.97. The van der Waals surface area contributed by atoms with Crippen LogP contribution in [0.1, 0.15) is 13.8 Å². The lowest BCUT2D eigenvalue weighted by atomic mass is 10.1. The highest BCUT2D eigenvalue weighted by molar-refractivity contribution is 9.09. The maximum absolute atomic E-state index is 11.7. The summed E-state index contributed by atoms with van der Waals surface area (Å²) in [4.78, 5) is 0. The molecule has 0 amide bonds. The van der Waals surface area contributed by atoms with Gasteiger partial charge in [0.25, 0.3) is 10.0 Å². The van der Waals surface area contributed by atoms with Crippen LogP contribution in [0.25, 0.3) is 0 Å². The highest BCUT2D eigenvalue weighted by Crippen LogP contribution is 2.10. The van der Waals surface area contributed by atoms with Gasteiger partial charge in [0.1, 0.15) is 0 Å². The third kappa shape index (κ3) is 3.29. The molecular formula is C8H14BrN3O2S. The summed E-state index contributed by atoms with van der Waals surface area (Å²) in [6.07, 6.45) is 1.41. The first-order valence-electron chi connectivity index (χ1n) is 4.55. The monoisotopic (exact) mass is 295 g/mol. The number of aromatic amines is 1. The van der Waals surface area contributed by atoms with E-state index in [1.54, 1.807) is 0 Å². The predicted octanol–water partition coefficient (Wildman–Crippen LogP) is 1.11. The Labute approximate surface area is 97.8 Å². The van der Waals surface area contributed by atoms with Crippen LogP contribution in [0.4, 0.5) is 0 Å². The lowest BCUT2D eigenvalue weighted by Crippen LogP contribution is -2.37. The van der Waals surface area contributed by atoms with Crippen molar-refractivity contribution in [2.45, 2.75) is 24.9 Å². The van der Waals surface area contributed by atoms with Gasteiger partial charge in [-0.1, -0.05) is 22.9 Å². The molecule has 2 unspecified atom stereocenters. The quantitative estimate of drug-likeness (QED) is 0.799. The van der Waals surface area contributed by atoms with Crippen molar-refractivity contribution in [3.8, 4) is 0 Å². The number of nitrogens with one attached hydrogen (secondary N) is 2. The maximum Gasteiger partial charge on any atom is 0.257 e. The minimum Gasteiger partial charge on any atom is -0.266 e. The number of hydrogen-bond acceptors (Lipinski definition) is 3. The molecule has 15 heavy (non-hydrogen) atoms. The van der Waals surface area contributed by atoms with Crippen LogP contribution in [-0.2, 0) is 10.0 Å². The molecule has 0 aromatic carbocycles. The highest BCUT2D eigenvalue weighted by Gasteiger charge is 2.21. The zero-order valence-corrected chi connectivity index (χ0v) is 11.0. The summed E-state index contributed by atoms with van der Waals surface area (Å²) in [5, 5.41) is 6.88. The number of sulfonamides is 1. The van der Waals surface area contributed by atoms with Crippen molar-refractivity contribution in [1.29, 1.82) is 0 Å². The number of H-pyrrole nitrogens is 1. The molecule has 2 atom stereocenters. The molecule has 0 bridgehead atoms. The van der Waals surface area contributed by atoms with Crippen LogP contribution in [0.5, 0.6) is 0 Å². The SMILES string of the molecule is CC(CBr)C(C)NS(=O)(=O)c1ccn[nH]1. The molecule has 2 N–H and O–H groups in total. The van der Waals surface area contributed by atoms with Gasteiger partial charge in [-0.15, -0.1) is 0 Å². The van der Waals surface area contributed by atoms with Gasteiger partial charge in [-0.2, -0.15) is 5.10 Å². The second kappa shape index (κ2) is 5.09. The molecule has 0 spiro atoms.